The van der Waals surface area contributed by atoms with Crippen LogP contribution in [0.2, 0.25) is 0 Å². The number of aryl methyl sites for hydroxylation is 1. The molecule has 1 heterocycles. The average Bonchev–Trinajstić information content (AvgIpc) is 2.78. The highest BCUT2D eigenvalue weighted by Crippen LogP contribution is 2.18. The number of benzene rings is 1. The lowest BCUT2D eigenvalue weighted by molar-refractivity contribution is 0.411. The third kappa shape index (κ3) is 3.17. The van der Waals surface area contributed by atoms with Crippen LogP contribution in [0.1, 0.15) is 30.0 Å². The fraction of sp³-hybridized carbons (Fsp3) is 0.286. The SMILES string of the molecule is Cc1ccc(C(C)NCc2cc(F)c(F)cc2F)o1. The second kappa shape index (κ2) is 5.48. The molecular formula is C14H14F3NO. The summed E-state index contributed by atoms with van der Waals surface area (Å²) in [6.45, 7) is 3.76. The van der Waals surface area contributed by atoms with E-state index >= 15 is 0 Å². The van der Waals surface area contributed by atoms with Crippen molar-refractivity contribution in [3.63, 3.8) is 0 Å². The molecule has 0 radical (unpaired) electrons. The predicted molar refractivity (Wildman–Crippen MR) is 65.0 cm³/mol. The second-order valence-corrected chi connectivity index (χ2v) is 4.41. The normalized spacial score (nSPS) is 12.7. The molecule has 1 unspecified atom stereocenters. The summed E-state index contributed by atoms with van der Waals surface area (Å²) in [5.74, 6) is -1.52. The van der Waals surface area contributed by atoms with Gasteiger partial charge < -0.3 is 9.73 Å². The van der Waals surface area contributed by atoms with Crippen LogP contribution in [-0.2, 0) is 6.54 Å². The van der Waals surface area contributed by atoms with Crippen molar-refractivity contribution < 1.29 is 17.6 Å². The second-order valence-electron chi connectivity index (χ2n) is 4.41. The minimum absolute atomic E-state index is 0.0778. The van der Waals surface area contributed by atoms with Gasteiger partial charge in [-0.05, 0) is 32.0 Å². The number of nitrogens with one attached hydrogen (secondary N) is 1. The van der Waals surface area contributed by atoms with Gasteiger partial charge in [0.1, 0.15) is 17.3 Å². The molecule has 0 aliphatic rings. The molecule has 1 atom stereocenters. The van der Waals surface area contributed by atoms with Crippen molar-refractivity contribution in [3.8, 4) is 0 Å². The van der Waals surface area contributed by atoms with Gasteiger partial charge in [0.15, 0.2) is 11.6 Å². The van der Waals surface area contributed by atoms with Gasteiger partial charge >= 0.3 is 0 Å². The van der Waals surface area contributed by atoms with E-state index in [4.69, 9.17) is 4.42 Å². The van der Waals surface area contributed by atoms with E-state index in [2.05, 4.69) is 5.32 Å². The number of halogens is 3. The summed E-state index contributed by atoms with van der Waals surface area (Å²) < 4.78 is 44.6. The van der Waals surface area contributed by atoms with Gasteiger partial charge in [-0.15, -0.1) is 0 Å². The van der Waals surface area contributed by atoms with E-state index in [1.165, 1.54) is 0 Å². The Morgan fingerprint density at radius 1 is 1.11 bits per heavy atom. The molecule has 0 amide bonds. The molecule has 2 rings (SSSR count). The zero-order chi connectivity index (χ0) is 14.0. The van der Waals surface area contributed by atoms with Crippen molar-refractivity contribution in [2.75, 3.05) is 0 Å². The van der Waals surface area contributed by atoms with Crippen LogP contribution in [-0.4, -0.2) is 0 Å². The molecule has 0 fully saturated rings. The molecule has 0 spiro atoms. The summed E-state index contributed by atoms with van der Waals surface area (Å²) in [6, 6.07) is 4.90. The van der Waals surface area contributed by atoms with Crippen molar-refractivity contribution >= 4 is 0 Å². The Morgan fingerprint density at radius 3 is 2.42 bits per heavy atom. The van der Waals surface area contributed by atoms with Gasteiger partial charge in [-0.3, -0.25) is 0 Å². The highest BCUT2D eigenvalue weighted by molar-refractivity contribution is 5.20. The van der Waals surface area contributed by atoms with Crippen molar-refractivity contribution in [2.24, 2.45) is 0 Å². The third-order valence-corrected chi connectivity index (χ3v) is 2.88. The molecule has 0 saturated carbocycles. The molecule has 1 N–H and O–H groups in total. The highest BCUT2D eigenvalue weighted by Gasteiger charge is 2.13. The Bertz CT molecular complexity index is 580. The Labute approximate surface area is 109 Å². The topological polar surface area (TPSA) is 25.2 Å². The maximum atomic E-state index is 13.4. The maximum Gasteiger partial charge on any atom is 0.161 e. The molecule has 1 aromatic heterocycles. The van der Waals surface area contributed by atoms with Gasteiger partial charge in [-0.1, -0.05) is 0 Å². The van der Waals surface area contributed by atoms with Crippen LogP contribution in [0.25, 0.3) is 0 Å². The van der Waals surface area contributed by atoms with Crippen molar-refractivity contribution in [2.45, 2.75) is 26.4 Å². The zero-order valence-corrected chi connectivity index (χ0v) is 10.6. The average molecular weight is 269 g/mol. The minimum Gasteiger partial charge on any atom is -0.465 e. The van der Waals surface area contributed by atoms with Gasteiger partial charge in [-0.2, -0.15) is 0 Å². The van der Waals surface area contributed by atoms with Crippen molar-refractivity contribution in [1.29, 1.82) is 0 Å². The summed E-state index contributed by atoms with van der Waals surface area (Å²) in [5, 5.41) is 2.99. The lowest BCUT2D eigenvalue weighted by atomic mass is 10.1. The van der Waals surface area contributed by atoms with Crippen LogP contribution in [0.5, 0.6) is 0 Å². The van der Waals surface area contributed by atoms with E-state index < -0.39 is 17.5 Å². The number of furan rings is 1. The van der Waals surface area contributed by atoms with Crippen LogP contribution in [0.15, 0.2) is 28.7 Å². The van der Waals surface area contributed by atoms with Gasteiger partial charge in [-0.25, -0.2) is 13.2 Å². The smallest absolute Gasteiger partial charge is 0.161 e. The monoisotopic (exact) mass is 269 g/mol. The molecule has 0 aliphatic heterocycles. The lowest BCUT2D eigenvalue weighted by Gasteiger charge is -2.12. The molecule has 5 heteroatoms. The maximum absolute atomic E-state index is 13.4. The molecule has 0 aliphatic carbocycles. The van der Waals surface area contributed by atoms with Crippen LogP contribution < -0.4 is 5.32 Å². The summed E-state index contributed by atoms with van der Waals surface area (Å²) in [5.41, 5.74) is 0.0778. The van der Waals surface area contributed by atoms with E-state index in [1.807, 2.05) is 26.0 Å². The van der Waals surface area contributed by atoms with Crippen molar-refractivity contribution in [3.05, 3.63) is 58.8 Å². The van der Waals surface area contributed by atoms with E-state index in [0.717, 1.165) is 11.8 Å². The number of hydrogen-bond donors (Lipinski definition) is 1. The van der Waals surface area contributed by atoms with Crippen LogP contribution in [0, 0.1) is 24.4 Å². The molecule has 0 bridgehead atoms. The minimum atomic E-state index is -1.18. The quantitative estimate of drug-likeness (QED) is 0.853. The summed E-state index contributed by atoms with van der Waals surface area (Å²) in [7, 11) is 0. The molecule has 2 aromatic rings. The van der Waals surface area contributed by atoms with Gasteiger partial charge in [0.2, 0.25) is 0 Å². The summed E-state index contributed by atoms with van der Waals surface area (Å²) in [6.07, 6.45) is 0. The first-order valence-corrected chi connectivity index (χ1v) is 5.90. The predicted octanol–water partition coefficient (Wildman–Crippen LogP) is 3.86. The molecule has 102 valence electrons. The molecule has 1 aromatic carbocycles. The Morgan fingerprint density at radius 2 is 1.79 bits per heavy atom. The van der Waals surface area contributed by atoms with Crippen LogP contribution in [0.3, 0.4) is 0 Å². The standard InChI is InChI=1S/C14H14F3NO/c1-8-3-4-14(19-8)9(2)18-7-10-5-12(16)13(17)6-11(10)15/h3-6,9,18H,7H2,1-2H3. The Kier molecular flexibility index (Phi) is 3.95. The summed E-state index contributed by atoms with van der Waals surface area (Å²) >= 11 is 0. The molecular weight excluding hydrogens is 255 g/mol. The first kappa shape index (κ1) is 13.7. The van der Waals surface area contributed by atoms with E-state index in [1.54, 1.807) is 0 Å². The van der Waals surface area contributed by atoms with E-state index in [9.17, 15) is 13.2 Å². The third-order valence-electron chi connectivity index (χ3n) is 2.88. The first-order chi connectivity index (χ1) is 8.97. The lowest BCUT2D eigenvalue weighted by Crippen LogP contribution is -2.18. The fourth-order valence-corrected chi connectivity index (χ4v) is 1.75. The highest BCUT2D eigenvalue weighted by atomic mass is 19.2. The first-order valence-electron chi connectivity index (χ1n) is 5.90. The van der Waals surface area contributed by atoms with Crippen molar-refractivity contribution in [1.82, 2.24) is 5.32 Å². The van der Waals surface area contributed by atoms with Gasteiger partial charge in [0, 0.05) is 18.2 Å². The molecule has 2 nitrogen and oxygen atoms in total. The largest absolute Gasteiger partial charge is 0.465 e. The molecule has 19 heavy (non-hydrogen) atoms. The number of rotatable bonds is 4. The number of hydrogen-bond acceptors (Lipinski definition) is 2. The van der Waals surface area contributed by atoms with E-state index in [-0.39, 0.29) is 18.2 Å². The Balaban J connectivity index is 2.04. The van der Waals surface area contributed by atoms with Crippen LogP contribution in [0.4, 0.5) is 13.2 Å². The van der Waals surface area contributed by atoms with Crippen LogP contribution >= 0.6 is 0 Å². The zero-order valence-electron chi connectivity index (χ0n) is 10.6. The molecule has 0 saturated heterocycles. The Hall–Kier alpha value is -1.75. The fourth-order valence-electron chi connectivity index (χ4n) is 1.75. The summed E-state index contributed by atoms with van der Waals surface area (Å²) in [4.78, 5) is 0. The van der Waals surface area contributed by atoms with E-state index in [0.29, 0.717) is 11.8 Å². The van der Waals surface area contributed by atoms with Gasteiger partial charge in [0.05, 0.1) is 6.04 Å². The van der Waals surface area contributed by atoms with Gasteiger partial charge in [0.25, 0.3) is 0 Å².